The molecule has 2 aromatic carbocycles. The van der Waals surface area contributed by atoms with Crippen molar-refractivity contribution in [3.8, 4) is 5.75 Å². The number of amides is 1. The lowest BCUT2D eigenvalue weighted by Crippen LogP contribution is -2.31. The Morgan fingerprint density at radius 2 is 2.00 bits per heavy atom. The largest absolute Gasteiger partial charge is 0.496 e. The van der Waals surface area contributed by atoms with Crippen LogP contribution in [0.5, 0.6) is 5.75 Å². The van der Waals surface area contributed by atoms with E-state index in [1.807, 2.05) is 48.5 Å². The number of hydrogen-bond acceptors (Lipinski definition) is 4. The molecule has 0 atom stereocenters. The second-order valence-corrected chi connectivity index (χ2v) is 5.59. The van der Waals surface area contributed by atoms with E-state index in [9.17, 15) is 4.79 Å². The third kappa shape index (κ3) is 3.74. The van der Waals surface area contributed by atoms with Crippen LogP contribution in [0.3, 0.4) is 0 Å². The van der Waals surface area contributed by atoms with Gasteiger partial charge >= 0.3 is 0 Å². The van der Waals surface area contributed by atoms with Gasteiger partial charge in [0.05, 0.1) is 19.2 Å². The smallest absolute Gasteiger partial charge is 0.228 e. The van der Waals surface area contributed by atoms with Crippen molar-refractivity contribution in [2.75, 3.05) is 25.5 Å². The Hall–Kier alpha value is -2.82. The van der Waals surface area contributed by atoms with Crippen molar-refractivity contribution in [2.24, 2.45) is 4.99 Å². The zero-order valence-corrected chi connectivity index (χ0v) is 13.7. The fourth-order valence-electron chi connectivity index (χ4n) is 2.73. The molecule has 2 aromatic rings. The molecular weight excluding hydrogens is 302 g/mol. The van der Waals surface area contributed by atoms with Gasteiger partial charge < -0.3 is 15.4 Å². The van der Waals surface area contributed by atoms with Gasteiger partial charge in [-0.05, 0) is 24.6 Å². The summed E-state index contributed by atoms with van der Waals surface area (Å²) in [5.74, 6) is 1.48. The third-order valence-corrected chi connectivity index (χ3v) is 3.90. The number of nitrogens with zero attached hydrogens (tertiary/aromatic N) is 1. The molecule has 0 saturated heterocycles. The van der Waals surface area contributed by atoms with Gasteiger partial charge in [-0.2, -0.15) is 0 Å². The van der Waals surface area contributed by atoms with Crippen LogP contribution in [0.25, 0.3) is 0 Å². The summed E-state index contributed by atoms with van der Waals surface area (Å²) >= 11 is 0. The standard InChI is InChI=1S/C19H21N3O2/c1-24-17-10-5-2-7-14(17)13-18(23)22-16-9-4-3-8-15(16)19-20-11-6-12-21-19/h2-5,7-10H,6,11-13H2,1H3,(H,20,21)(H,22,23). The maximum atomic E-state index is 12.5. The van der Waals surface area contributed by atoms with Crippen molar-refractivity contribution >= 4 is 17.4 Å². The molecule has 1 aliphatic heterocycles. The van der Waals surface area contributed by atoms with Crippen molar-refractivity contribution in [3.05, 3.63) is 59.7 Å². The highest BCUT2D eigenvalue weighted by atomic mass is 16.5. The average molecular weight is 323 g/mol. The normalized spacial score (nSPS) is 13.6. The molecule has 1 aliphatic rings. The van der Waals surface area contributed by atoms with Crippen molar-refractivity contribution in [1.29, 1.82) is 0 Å². The van der Waals surface area contributed by atoms with Gasteiger partial charge in [0.2, 0.25) is 5.91 Å². The maximum Gasteiger partial charge on any atom is 0.228 e. The van der Waals surface area contributed by atoms with Gasteiger partial charge in [0, 0.05) is 24.2 Å². The van der Waals surface area contributed by atoms with Crippen LogP contribution in [0.2, 0.25) is 0 Å². The number of methoxy groups -OCH3 is 1. The molecule has 0 aromatic heterocycles. The average Bonchev–Trinajstić information content (AvgIpc) is 2.63. The van der Waals surface area contributed by atoms with E-state index in [4.69, 9.17) is 4.74 Å². The molecule has 3 rings (SSSR count). The van der Waals surface area contributed by atoms with Crippen LogP contribution in [-0.2, 0) is 11.2 Å². The highest BCUT2D eigenvalue weighted by molar-refractivity contribution is 6.07. The van der Waals surface area contributed by atoms with Crippen molar-refractivity contribution in [1.82, 2.24) is 5.32 Å². The first-order valence-corrected chi connectivity index (χ1v) is 8.07. The number of amidine groups is 1. The molecule has 0 spiro atoms. The van der Waals surface area contributed by atoms with E-state index in [1.54, 1.807) is 7.11 Å². The summed E-state index contributed by atoms with van der Waals surface area (Å²) in [5.41, 5.74) is 2.55. The Labute approximate surface area is 141 Å². The summed E-state index contributed by atoms with van der Waals surface area (Å²) in [4.78, 5) is 17.0. The molecule has 0 saturated carbocycles. The van der Waals surface area contributed by atoms with Gasteiger partial charge in [0.1, 0.15) is 11.6 Å². The summed E-state index contributed by atoms with van der Waals surface area (Å²) in [7, 11) is 1.61. The summed E-state index contributed by atoms with van der Waals surface area (Å²) in [6, 6.07) is 15.3. The van der Waals surface area contributed by atoms with Gasteiger partial charge in [0.15, 0.2) is 0 Å². The van der Waals surface area contributed by atoms with Crippen molar-refractivity contribution in [3.63, 3.8) is 0 Å². The SMILES string of the molecule is COc1ccccc1CC(=O)Nc1ccccc1C1=NCCCN1. The number of hydrogen-bond donors (Lipinski definition) is 2. The molecular formula is C19H21N3O2. The predicted octanol–water partition coefficient (Wildman–Crippen LogP) is 2.62. The summed E-state index contributed by atoms with van der Waals surface area (Å²) in [5, 5.41) is 6.29. The van der Waals surface area contributed by atoms with E-state index in [1.165, 1.54) is 0 Å². The van der Waals surface area contributed by atoms with Crippen LogP contribution in [0.4, 0.5) is 5.69 Å². The first kappa shape index (κ1) is 16.1. The topological polar surface area (TPSA) is 62.7 Å². The maximum absolute atomic E-state index is 12.5. The number of para-hydroxylation sites is 2. The van der Waals surface area contributed by atoms with Gasteiger partial charge in [-0.1, -0.05) is 30.3 Å². The fraction of sp³-hybridized carbons (Fsp3) is 0.263. The van der Waals surface area contributed by atoms with Gasteiger partial charge in [-0.3, -0.25) is 9.79 Å². The molecule has 1 amide bonds. The molecule has 24 heavy (non-hydrogen) atoms. The Morgan fingerprint density at radius 3 is 2.79 bits per heavy atom. The van der Waals surface area contributed by atoms with Crippen molar-refractivity contribution < 1.29 is 9.53 Å². The van der Waals surface area contributed by atoms with Crippen LogP contribution < -0.4 is 15.4 Å². The van der Waals surface area contributed by atoms with E-state index in [-0.39, 0.29) is 12.3 Å². The molecule has 124 valence electrons. The van der Waals surface area contributed by atoms with Crippen LogP contribution in [0.15, 0.2) is 53.5 Å². The third-order valence-electron chi connectivity index (χ3n) is 3.90. The van der Waals surface area contributed by atoms with Crippen LogP contribution in [0.1, 0.15) is 17.5 Å². The molecule has 1 heterocycles. The highest BCUT2D eigenvalue weighted by Crippen LogP contribution is 2.20. The predicted molar refractivity (Wildman–Crippen MR) is 95.8 cm³/mol. The molecule has 5 nitrogen and oxygen atoms in total. The van der Waals surface area contributed by atoms with Gasteiger partial charge in [0.25, 0.3) is 0 Å². The van der Waals surface area contributed by atoms with E-state index < -0.39 is 0 Å². The first-order valence-electron chi connectivity index (χ1n) is 8.07. The number of rotatable bonds is 5. The zero-order valence-electron chi connectivity index (χ0n) is 13.7. The zero-order chi connectivity index (χ0) is 16.8. The van der Waals surface area contributed by atoms with E-state index in [2.05, 4.69) is 15.6 Å². The Bertz CT molecular complexity index is 756. The minimum Gasteiger partial charge on any atom is -0.496 e. The number of anilines is 1. The molecule has 0 bridgehead atoms. The lowest BCUT2D eigenvalue weighted by Gasteiger charge is -2.18. The second kappa shape index (κ2) is 7.64. The lowest BCUT2D eigenvalue weighted by molar-refractivity contribution is -0.115. The van der Waals surface area contributed by atoms with E-state index in [0.29, 0.717) is 0 Å². The number of ether oxygens (including phenoxy) is 1. The summed E-state index contributed by atoms with van der Waals surface area (Å²) in [6.07, 6.45) is 1.30. The number of benzene rings is 2. The Kier molecular flexibility index (Phi) is 5.11. The quantitative estimate of drug-likeness (QED) is 0.889. The second-order valence-electron chi connectivity index (χ2n) is 5.59. The number of carbonyl (C=O) groups is 1. The molecule has 5 heteroatoms. The summed E-state index contributed by atoms with van der Waals surface area (Å²) < 4.78 is 5.31. The minimum absolute atomic E-state index is 0.0802. The Balaban J connectivity index is 1.76. The fourth-order valence-corrected chi connectivity index (χ4v) is 2.73. The van der Waals surface area contributed by atoms with Crippen LogP contribution >= 0.6 is 0 Å². The molecule has 0 radical (unpaired) electrons. The minimum atomic E-state index is -0.0802. The number of nitrogens with one attached hydrogen (secondary N) is 2. The molecule has 0 unspecified atom stereocenters. The van der Waals surface area contributed by atoms with Crippen molar-refractivity contribution in [2.45, 2.75) is 12.8 Å². The number of carbonyl (C=O) groups excluding carboxylic acids is 1. The highest BCUT2D eigenvalue weighted by Gasteiger charge is 2.14. The Morgan fingerprint density at radius 1 is 1.21 bits per heavy atom. The van der Waals surface area contributed by atoms with Gasteiger partial charge in [-0.15, -0.1) is 0 Å². The number of aliphatic imine (C=N–C) groups is 1. The first-order chi connectivity index (χ1) is 11.8. The van der Waals surface area contributed by atoms with E-state index in [0.717, 1.165) is 47.9 Å². The molecule has 0 fully saturated rings. The monoisotopic (exact) mass is 323 g/mol. The van der Waals surface area contributed by atoms with Crippen LogP contribution in [-0.4, -0.2) is 31.9 Å². The lowest BCUT2D eigenvalue weighted by atomic mass is 10.1. The molecule has 2 N–H and O–H groups in total. The van der Waals surface area contributed by atoms with Crippen LogP contribution in [0, 0.1) is 0 Å². The summed E-state index contributed by atoms with van der Waals surface area (Å²) in [6.45, 7) is 1.72. The molecule has 0 aliphatic carbocycles. The van der Waals surface area contributed by atoms with Gasteiger partial charge in [-0.25, -0.2) is 0 Å². The van der Waals surface area contributed by atoms with E-state index >= 15 is 0 Å².